The predicted molar refractivity (Wildman–Crippen MR) is 11.8 cm³/mol. The topological polar surface area (TPSA) is 44.0 Å². The number of hydrogen-bond donors (Lipinski definition) is 1. The Labute approximate surface area is 52.7 Å². The minimum absolute atomic E-state index is 0. The Morgan fingerprint density at radius 2 is 2.00 bits per heavy atom. The Balaban J connectivity index is 0. The van der Waals surface area contributed by atoms with Crippen LogP contribution >= 0.6 is 0 Å². The zero-order valence-electron chi connectivity index (χ0n) is 2.97. The van der Waals surface area contributed by atoms with E-state index in [0.717, 1.165) is 0 Å². The molecular weight excluding hydrogens is 79.0 g/mol. The molecule has 0 saturated carbocycles. The third kappa shape index (κ3) is 13.3. The molecule has 0 radical (unpaired) electrons. The molecule has 0 rings (SSSR count). The van der Waals surface area contributed by atoms with E-state index in [4.69, 9.17) is 10.4 Å². The Kier molecular flexibility index (Phi) is 15.9. The van der Waals surface area contributed by atoms with Crippen molar-refractivity contribution in [1.82, 2.24) is 0 Å². The van der Waals surface area contributed by atoms with Gasteiger partial charge in [0.1, 0.15) is 0 Å². The van der Waals surface area contributed by atoms with E-state index in [9.17, 15) is 0 Å². The van der Waals surface area contributed by atoms with Gasteiger partial charge in [0.2, 0.25) is 0 Å². The van der Waals surface area contributed by atoms with Crippen molar-refractivity contribution in [3.63, 3.8) is 0 Å². The van der Waals surface area contributed by atoms with Gasteiger partial charge >= 0.3 is 29.6 Å². The van der Waals surface area contributed by atoms with Crippen molar-refractivity contribution in [2.75, 3.05) is 0 Å². The molecule has 1 N–H and O–H groups in total. The van der Waals surface area contributed by atoms with Gasteiger partial charge in [-0.2, -0.15) is 6.61 Å². The van der Waals surface area contributed by atoms with Crippen LogP contribution in [0.3, 0.4) is 0 Å². The summed E-state index contributed by atoms with van der Waals surface area (Å²) in [5.41, 5.74) is 0. The van der Waals surface area contributed by atoms with E-state index in [-0.39, 0.29) is 29.6 Å². The number of rotatable bonds is 0. The molecule has 0 aromatic carbocycles. The van der Waals surface area contributed by atoms with Crippen molar-refractivity contribution < 1.29 is 34.7 Å². The Hall–Kier alpha value is 0.320. The molecule has 0 aliphatic heterocycles. The molecule has 22 valence electrons. The van der Waals surface area contributed by atoms with E-state index >= 15 is 0 Å². The second-order valence-electron chi connectivity index (χ2n) is 0.258. The van der Waals surface area contributed by atoms with Crippen LogP contribution in [0.25, 0.3) is 0 Å². The molecule has 0 atom stereocenters. The van der Waals surface area contributed by atoms with Gasteiger partial charge in [0.15, 0.2) is 0 Å². The average Bonchev–Trinajstić information content (AvgIpc) is 1.37. The molecule has 2 nitrogen and oxygen atoms in total. The molecule has 0 aliphatic rings. The number of hydrogen-bond acceptors (Lipinski definition) is 2. The minimum Gasteiger partial charge on any atom is -0.533 e. The van der Waals surface area contributed by atoms with Gasteiger partial charge in [0.05, 0.1) is 0 Å². The van der Waals surface area contributed by atoms with Crippen LogP contribution in [0, 0.1) is 17.9 Å². The van der Waals surface area contributed by atoms with Gasteiger partial charge in [-0.25, -0.2) is 5.26 Å². The van der Waals surface area contributed by atoms with E-state index in [0.29, 0.717) is 6.61 Å². The van der Waals surface area contributed by atoms with Crippen LogP contribution < -0.4 is 29.6 Å². The molecule has 0 amide bonds. The van der Waals surface area contributed by atoms with Gasteiger partial charge in [-0.05, 0) is 0 Å². The van der Waals surface area contributed by atoms with Crippen molar-refractivity contribution >= 4 is 0 Å². The van der Waals surface area contributed by atoms with E-state index in [1.165, 1.54) is 6.07 Å². The molecule has 0 aromatic rings. The summed E-state index contributed by atoms with van der Waals surface area (Å²) in [5, 5.41) is 14.7. The minimum atomic E-state index is 0. The fourth-order valence-corrected chi connectivity index (χ4v) is 0. The number of aliphatic hydroxyl groups excluding tert-OH is 1. The Morgan fingerprint density at radius 1 is 1.80 bits per heavy atom. The van der Waals surface area contributed by atoms with E-state index in [1.807, 2.05) is 0 Å². The normalized spacial score (nSPS) is 3.20. The third-order valence-corrected chi connectivity index (χ3v) is 0.0577. The maximum Gasteiger partial charge on any atom is 1.00 e. The molecule has 0 aromatic heterocycles. The van der Waals surface area contributed by atoms with Crippen LogP contribution in [0.2, 0.25) is 0 Å². The van der Waals surface area contributed by atoms with Gasteiger partial charge in [-0.1, -0.05) is 6.07 Å². The summed E-state index contributed by atoms with van der Waals surface area (Å²) in [7, 11) is 0. The number of aliphatic hydroxyl groups is 1. The van der Waals surface area contributed by atoms with Crippen LogP contribution in [0.1, 0.15) is 0 Å². The summed E-state index contributed by atoms with van der Waals surface area (Å²) in [6.45, 7) is 0.431. The fraction of sp³-hybridized carbons (Fsp3) is 0. The Bertz CT molecular complexity index is 39.4. The summed E-state index contributed by atoms with van der Waals surface area (Å²) < 4.78 is 0. The first kappa shape index (κ1) is 9.01. The second kappa shape index (κ2) is 8.85. The van der Waals surface area contributed by atoms with E-state index < -0.39 is 0 Å². The summed E-state index contributed by atoms with van der Waals surface area (Å²) in [6.07, 6.45) is 0. The van der Waals surface area contributed by atoms with Gasteiger partial charge in [0, 0.05) is 0 Å². The summed E-state index contributed by atoms with van der Waals surface area (Å²) in [5.74, 6) is 0. The van der Waals surface area contributed by atoms with Crippen molar-refractivity contribution in [3.05, 3.63) is 6.61 Å². The summed E-state index contributed by atoms with van der Waals surface area (Å²) in [4.78, 5) is 0. The van der Waals surface area contributed by atoms with E-state index in [1.54, 1.807) is 0 Å². The zero-order chi connectivity index (χ0) is 3.41. The van der Waals surface area contributed by atoms with Crippen LogP contribution in [0.4, 0.5) is 0 Å². The largest absolute Gasteiger partial charge is 1.00 e. The molecule has 0 fully saturated rings. The van der Waals surface area contributed by atoms with Gasteiger partial charge < -0.3 is 5.11 Å². The predicted octanol–water partition coefficient (Wildman–Crippen LogP) is -2.95. The first-order valence-corrected chi connectivity index (χ1v) is 0.770. The third-order valence-electron chi connectivity index (χ3n) is 0.0577. The maximum absolute atomic E-state index is 7.39. The standard InChI is InChI=1S/C2H2NO.Na/c3-1-2-4;/h2,4H;/q-1;+1/i2+2;. The molecule has 3 heteroatoms. The van der Waals surface area contributed by atoms with Crippen LogP contribution in [-0.2, 0) is 0 Å². The first-order valence-electron chi connectivity index (χ1n) is 0.770. The number of nitrogens with zero attached hydrogens (tertiary/aromatic N) is 1. The van der Waals surface area contributed by atoms with Crippen molar-refractivity contribution in [2.45, 2.75) is 0 Å². The van der Waals surface area contributed by atoms with Crippen molar-refractivity contribution in [3.8, 4) is 6.07 Å². The summed E-state index contributed by atoms with van der Waals surface area (Å²) in [6, 6.07) is 1.36. The quantitative estimate of drug-likeness (QED) is 0.192. The molecule has 0 heterocycles. The van der Waals surface area contributed by atoms with Crippen molar-refractivity contribution in [2.24, 2.45) is 0 Å². The van der Waals surface area contributed by atoms with Gasteiger partial charge in [-0.3, -0.25) is 0 Å². The SMILES string of the molecule is N#C[14CH-]O.[Na+]. The molecule has 0 bridgehead atoms. The van der Waals surface area contributed by atoms with Crippen molar-refractivity contribution in [1.29, 1.82) is 5.26 Å². The van der Waals surface area contributed by atoms with E-state index in [2.05, 4.69) is 0 Å². The molecular formula is C2H2NNaO. The van der Waals surface area contributed by atoms with Gasteiger partial charge in [-0.15, -0.1) is 0 Å². The second-order valence-corrected chi connectivity index (χ2v) is 0.258. The smallest absolute Gasteiger partial charge is 0.533 e. The first-order chi connectivity index (χ1) is 1.91. The van der Waals surface area contributed by atoms with Crippen LogP contribution in [0.5, 0.6) is 0 Å². The monoisotopic (exact) mass is 81.0 g/mol. The molecule has 0 aliphatic carbocycles. The Morgan fingerprint density at radius 3 is 2.00 bits per heavy atom. The van der Waals surface area contributed by atoms with Crippen LogP contribution in [0.15, 0.2) is 0 Å². The summed E-state index contributed by atoms with van der Waals surface area (Å²) >= 11 is 0. The number of nitriles is 1. The van der Waals surface area contributed by atoms with Gasteiger partial charge in [0.25, 0.3) is 0 Å². The molecule has 0 unspecified atom stereocenters. The maximum atomic E-state index is 7.39. The average molecular weight is 81.0 g/mol. The molecule has 0 spiro atoms. The molecule has 5 heavy (non-hydrogen) atoms. The van der Waals surface area contributed by atoms with Crippen LogP contribution in [-0.4, -0.2) is 5.11 Å². The molecule has 0 saturated heterocycles. The zero-order valence-corrected chi connectivity index (χ0v) is 4.97. The fourth-order valence-electron chi connectivity index (χ4n) is 0.